The highest BCUT2D eigenvalue weighted by Crippen LogP contribution is 2.16. The van der Waals surface area contributed by atoms with Gasteiger partial charge in [0.05, 0.1) is 24.1 Å². The zero-order valence-corrected chi connectivity index (χ0v) is 7.03. The van der Waals surface area contributed by atoms with Gasteiger partial charge in [0.2, 0.25) is 0 Å². The second-order valence-corrected chi connectivity index (χ2v) is 2.52. The number of aliphatic hydroxyl groups is 1. The van der Waals surface area contributed by atoms with Crippen LogP contribution in [-0.2, 0) is 0 Å². The molecule has 1 heterocycles. The number of aryl methyl sites for hydroxylation is 1. The first-order valence-corrected chi connectivity index (χ1v) is 3.68. The number of halogens is 1. The Morgan fingerprint density at radius 1 is 1.69 bits per heavy atom. The van der Waals surface area contributed by atoms with Gasteiger partial charge in [-0.15, -0.1) is 0 Å². The van der Waals surface area contributed by atoms with Gasteiger partial charge in [-0.05, 0) is 6.92 Å². The Hall–Kier alpha value is -1.54. The van der Waals surface area contributed by atoms with Gasteiger partial charge in [-0.2, -0.15) is 5.26 Å². The zero-order valence-electron chi connectivity index (χ0n) is 7.03. The predicted octanol–water partition coefficient (Wildman–Crippen LogP) is 0.524. The fourth-order valence-corrected chi connectivity index (χ4v) is 0.908. The first-order chi connectivity index (χ1) is 6.20. The first-order valence-electron chi connectivity index (χ1n) is 3.68. The molecule has 0 aliphatic heterocycles. The molecule has 1 N–H and O–H groups in total. The number of aliphatic hydroxyl groups excluding tert-OH is 1. The van der Waals surface area contributed by atoms with Crippen LogP contribution in [0.3, 0.4) is 0 Å². The molecule has 0 aliphatic rings. The molecule has 1 atom stereocenters. The number of hydrogen-bond donors (Lipinski definition) is 1. The van der Waals surface area contributed by atoms with Crippen molar-refractivity contribution < 1.29 is 9.50 Å². The molecular formula is C8H8FN3O. The van der Waals surface area contributed by atoms with Crippen molar-refractivity contribution in [2.24, 2.45) is 0 Å². The summed E-state index contributed by atoms with van der Waals surface area (Å²) in [5, 5.41) is 17.3. The van der Waals surface area contributed by atoms with Crippen LogP contribution in [0.4, 0.5) is 4.39 Å². The van der Waals surface area contributed by atoms with E-state index in [-0.39, 0.29) is 11.4 Å². The molecule has 1 aromatic heterocycles. The third-order valence-electron chi connectivity index (χ3n) is 1.66. The van der Waals surface area contributed by atoms with Crippen molar-refractivity contribution in [2.45, 2.75) is 12.8 Å². The Morgan fingerprint density at radius 3 is 2.92 bits per heavy atom. The molecule has 0 fully saturated rings. The number of rotatable bonds is 2. The van der Waals surface area contributed by atoms with Crippen molar-refractivity contribution >= 4 is 0 Å². The Kier molecular flexibility index (Phi) is 2.88. The van der Waals surface area contributed by atoms with Crippen molar-refractivity contribution in [1.29, 1.82) is 5.26 Å². The lowest BCUT2D eigenvalue weighted by Gasteiger charge is -2.06. The molecular weight excluding hydrogens is 173 g/mol. The molecule has 13 heavy (non-hydrogen) atoms. The van der Waals surface area contributed by atoms with Gasteiger partial charge in [-0.25, -0.2) is 14.4 Å². The van der Waals surface area contributed by atoms with E-state index in [4.69, 9.17) is 10.4 Å². The third-order valence-corrected chi connectivity index (χ3v) is 1.66. The lowest BCUT2D eigenvalue weighted by molar-refractivity contribution is 0.281. The highest BCUT2D eigenvalue weighted by molar-refractivity contribution is 5.20. The quantitative estimate of drug-likeness (QED) is 0.722. The van der Waals surface area contributed by atoms with Crippen molar-refractivity contribution in [3.8, 4) is 6.07 Å². The summed E-state index contributed by atoms with van der Waals surface area (Å²) in [5.41, 5.74) is 0.135. The van der Waals surface area contributed by atoms with E-state index in [0.29, 0.717) is 0 Å². The van der Waals surface area contributed by atoms with E-state index < -0.39 is 18.3 Å². The maximum Gasteiger partial charge on any atom is 0.167 e. The molecule has 1 aromatic rings. The average molecular weight is 181 g/mol. The van der Waals surface area contributed by atoms with Crippen LogP contribution in [-0.4, -0.2) is 21.7 Å². The number of nitriles is 1. The summed E-state index contributed by atoms with van der Waals surface area (Å²) in [6.45, 7) is 1.04. The van der Waals surface area contributed by atoms with Crippen LogP contribution in [0.5, 0.6) is 0 Å². The van der Waals surface area contributed by atoms with Crippen molar-refractivity contribution in [3.05, 3.63) is 23.5 Å². The van der Waals surface area contributed by atoms with Crippen LogP contribution in [0.15, 0.2) is 6.33 Å². The van der Waals surface area contributed by atoms with E-state index in [2.05, 4.69) is 9.97 Å². The average Bonchev–Trinajstić information content (AvgIpc) is 2.14. The van der Waals surface area contributed by atoms with E-state index in [1.165, 1.54) is 13.3 Å². The molecule has 1 rings (SSSR count). The van der Waals surface area contributed by atoms with Gasteiger partial charge >= 0.3 is 0 Å². The summed E-state index contributed by atoms with van der Waals surface area (Å²) < 4.78 is 13.2. The molecule has 0 amide bonds. The number of nitrogens with zero attached hydrogens (tertiary/aromatic N) is 3. The van der Waals surface area contributed by atoms with Crippen molar-refractivity contribution in [2.75, 3.05) is 6.61 Å². The summed E-state index contributed by atoms with van der Waals surface area (Å²) in [6.07, 6.45) is 1.17. The summed E-state index contributed by atoms with van der Waals surface area (Å²) in [7, 11) is 0. The van der Waals surface area contributed by atoms with E-state index in [0.717, 1.165) is 0 Å². The van der Waals surface area contributed by atoms with E-state index in [9.17, 15) is 4.39 Å². The molecule has 0 spiro atoms. The SMILES string of the molecule is Cc1ncnc(C(C#N)CO)c1F. The van der Waals surface area contributed by atoms with Crippen molar-refractivity contribution in [3.63, 3.8) is 0 Å². The lowest BCUT2D eigenvalue weighted by Crippen LogP contribution is -2.08. The lowest BCUT2D eigenvalue weighted by atomic mass is 10.1. The molecule has 1 unspecified atom stereocenters. The zero-order chi connectivity index (χ0) is 9.84. The van der Waals surface area contributed by atoms with Crippen LogP contribution < -0.4 is 0 Å². The minimum Gasteiger partial charge on any atom is -0.395 e. The summed E-state index contributed by atoms with van der Waals surface area (Å²) >= 11 is 0. The smallest absolute Gasteiger partial charge is 0.167 e. The second kappa shape index (κ2) is 3.92. The Balaban J connectivity index is 3.15. The van der Waals surface area contributed by atoms with Gasteiger partial charge in [0, 0.05) is 0 Å². The van der Waals surface area contributed by atoms with Crippen LogP contribution in [0.2, 0.25) is 0 Å². The minimum absolute atomic E-state index is 0.0440. The van der Waals surface area contributed by atoms with Gasteiger partial charge < -0.3 is 5.11 Å². The molecule has 0 radical (unpaired) electrons. The fourth-order valence-electron chi connectivity index (χ4n) is 0.908. The molecule has 4 nitrogen and oxygen atoms in total. The molecule has 68 valence electrons. The van der Waals surface area contributed by atoms with Crippen LogP contribution in [0, 0.1) is 24.1 Å². The highest BCUT2D eigenvalue weighted by Gasteiger charge is 2.17. The Labute approximate surface area is 74.7 Å². The number of aromatic nitrogens is 2. The van der Waals surface area contributed by atoms with Gasteiger partial charge in [-0.1, -0.05) is 0 Å². The fraction of sp³-hybridized carbons (Fsp3) is 0.375. The Morgan fingerprint density at radius 2 is 2.38 bits per heavy atom. The van der Waals surface area contributed by atoms with Crippen molar-refractivity contribution in [1.82, 2.24) is 9.97 Å². The molecule has 0 saturated carbocycles. The number of hydrogen-bond acceptors (Lipinski definition) is 4. The normalized spacial score (nSPS) is 12.2. The molecule has 0 aromatic carbocycles. The molecule has 5 heteroatoms. The standard InChI is InChI=1S/C8H8FN3O/c1-5-7(9)8(12-4-11-5)6(2-10)3-13/h4,6,13H,3H2,1H3. The molecule has 0 saturated heterocycles. The predicted molar refractivity (Wildman–Crippen MR) is 42.2 cm³/mol. The van der Waals surface area contributed by atoms with Gasteiger partial charge in [0.25, 0.3) is 0 Å². The molecule has 0 bridgehead atoms. The Bertz CT molecular complexity index is 348. The summed E-state index contributed by atoms with van der Waals surface area (Å²) in [5.74, 6) is -1.54. The van der Waals surface area contributed by atoms with Gasteiger partial charge in [0.15, 0.2) is 5.82 Å². The van der Waals surface area contributed by atoms with E-state index in [1.807, 2.05) is 0 Å². The third kappa shape index (κ3) is 1.79. The first kappa shape index (κ1) is 9.55. The minimum atomic E-state index is -0.915. The monoisotopic (exact) mass is 181 g/mol. The van der Waals surface area contributed by atoms with Crippen LogP contribution in [0.25, 0.3) is 0 Å². The van der Waals surface area contributed by atoms with Gasteiger partial charge in [-0.3, -0.25) is 0 Å². The second-order valence-electron chi connectivity index (χ2n) is 2.52. The summed E-state index contributed by atoms with van der Waals surface area (Å²) in [4.78, 5) is 7.23. The molecule has 0 aliphatic carbocycles. The maximum atomic E-state index is 13.2. The van der Waals surface area contributed by atoms with E-state index in [1.54, 1.807) is 6.07 Å². The topological polar surface area (TPSA) is 69.8 Å². The van der Waals surface area contributed by atoms with Crippen LogP contribution >= 0.6 is 0 Å². The summed E-state index contributed by atoms with van der Waals surface area (Å²) in [6, 6.07) is 1.76. The maximum absolute atomic E-state index is 13.2. The highest BCUT2D eigenvalue weighted by atomic mass is 19.1. The van der Waals surface area contributed by atoms with E-state index >= 15 is 0 Å². The van der Waals surface area contributed by atoms with Gasteiger partial charge in [0.1, 0.15) is 12.2 Å². The largest absolute Gasteiger partial charge is 0.395 e. The van der Waals surface area contributed by atoms with Crippen LogP contribution in [0.1, 0.15) is 17.3 Å².